The van der Waals surface area contributed by atoms with Crippen molar-refractivity contribution < 1.29 is 15.0 Å². The van der Waals surface area contributed by atoms with Crippen molar-refractivity contribution in [2.75, 3.05) is 6.54 Å². The number of aromatic amines is 1. The number of nitrogens with one attached hydrogen (secondary N) is 2. The molecule has 1 rings (SSSR count). The van der Waals surface area contributed by atoms with Crippen LogP contribution in [0, 0.1) is 3.57 Å². The summed E-state index contributed by atoms with van der Waals surface area (Å²) in [6.45, 7) is 1.39. The molecule has 1 aromatic heterocycles. The zero-order valence-electron chi connectivity index (χ0n) is 8.20. The van der Waals surface area contributed by atoms with Crippen LogP contribution in [0.4, 0.5) is 0 Å². The SMILES string of the molecule is CC(=O)NCC(O)C(O)c1cc(I)c[nH]1. The number of aliphatic hydroxyl groups excluding tert-OH is 2. The Balaban J connectivity index is 2.52. The lowest BCUT2D eigenvalue weighted by molar-refractivity contribution is -0.119. The van der Waals surface area contributed by atoms with E-state index in [9.17, 15) is 15.0 Å². The maximum absolute atomic E-state index is 10.6. The van der Waals surface area contributed by atoms with Crippen LogP contribution in [0.2, 0.25) is 0 Å². The molecule has 1 aromatic rings. The fourth-order valence-electron chi connectivity index (χ4n) is 1.12. The summed E-state index contributed by atoms with van der Waals surface area (Å²) in [4.78, 5) is 13.4. The minimum absolute atomic E-state index is 0.0338. The molecule has 0 bridgehead atoms. The van der Waals surface area contributed by atoms with Gasteiger partial charge in [0.1, 0.15) is 12.2 Å². The summed E-state index contributed by atoms with van der Waals surface area (Å²) in [7, 11) is 0. The molecule has 0 saturated carbocycles. The van der Waals surface area contributed by atoms with Crippen LogP contribution in [0.1, 0.15) is 18.7 Å². The highest BCUT2D eigenvalue weighted by molar-refractivity contribution is 14.1. The molecule has 0 fully saturated rings. The number of amides is 1. The topological polar surface area (TPSA) is 85.3 Å². The van der Waals surface area contributed by atoms with Crippen molar-refractivity contribution in [2.24, 2.45) is 0 Å². The van der Waals surface area contributed by atoms with E-state index in [0.717, 1.165) is 3.57 Å². The fraction of sp³-hybridized carbons (Fsp3) is 0.444. The van der Waals surface area contributed by atoms with Gasteiger partial charge in [0.15, 0.2) is 0 Å². The molecule has 0 aliphatic heterocycles. The maximum atomic E-state index is 10.6. The number of carbonyl (C=O) groups is 1. The van der Waals surface area contributed by atoms with Crippen LogP contribution in [-0.4, -0.2) is 33.8 Å². The third-order valence-electron chi connectivity index (χ3n) is 1.91. The molecule has 4 N–H and O–H groups in total. The molecular formula is C9H13IN2O3. The summed E-state index contributed by atoms with van der Waals surface area (Å²) in [6.07, 6.45) is -0.298. The minimum atomic E-state index is -1.01. The number of rotatable bonds is 4. The molecule has 0 aliphatic carbocycles. The lowest BCUT2D eigenvalue weighted by atomic mass is 10.1. The zero-order chi connectivity index (χ0) is 11.4. The van der Waals surface area contributed by atoms with Crippen LogP contribution < -0.4 is 5.32 Å². The van der Waals surface area contributed by atoms with Gasteiger partial charge in [0.2, 0.25) is 5.91 Å². The quantitative estimate of drug-likeness (QED) is 0.595. The molecule has 0 aliphatic rings. The fourth-order valence-corrected chi connectivity index (χ4v) is 1.61. The van der Waals surface area contributed by atoms with E-state index in [1.807, 2.05) is 0 Å². The molecule has 2 atom stereocenters. The maximum Gasteiger partial charge on any atom is 0.216 e. The van der Waals surface area contributed by atoms with E-state index < -0.39 is 12.2 Å². The highest BCUT2D eigenvalue weighted by atomic mass is 127. The first kappa shape index (κ1) is 12.5. The normalized spacial score (nSPS) is 14.7. The molecule has 0 saturated heterocycles. The molecule has 6 heteroatoms. The van der Waals surface area contributed by atoms with Gasteiger partial charge in [-0.25, -0.2) is 0 Å². The molecule has 1 amide bonds. The number of carbonyl (C=O) groups excluding carboxylic acids is 1. The van der Waals surface area contributed by atoms with Crippen molar-refractivity contribution in [3.05, 3.63) is 21.5 Å². The number of aliphatic hydroxyl groups is 2. The second-order valence-corrected chi connectivity index (χ2v) is 4.47. The summed E-state index contributed by atoms with van der Waals surface area (Å²) >= 11 is 2.10. The monoisotopic (exact) mass is 324 g/mol. The molecule has 0 radical (unpaired) electrons. The Hall–Kier alpha value is -0.600. The van der Waals surface area contributed by atoms with Crippen molar-refractivity contribution in [1.82, 2.24) is 10.3 Å². The second-order valence-electron chi connectivity index (χ2n) is 3.22. The second kappa shape index (κ2) is 5.47. The van der Waals surface area contributed by atoms with Gasteiger partial charge < -0.3 is 20.5 Å². The highest BCUT2D eigenvalue weighted by Gasteiger charge is 2.19. The van der Waals surface area contributed by atoms with Gasteiger partial charge in [-0.3, -0.25) is 4.79 Å². The molecule has 84 valence electrons. The van der Waals surface area contributed by atoms with Crippen LogP contribution in [0.25, 0.3) is 0 Å². The first-order chi connectivity index (χ1) is 7.00. The summed E-state index contributed by atoms with van der Waals surface area (Å²) in [5.41, 5.74) is 0.539. The van der Waals surface area contributed by atoms with E-state index in [4.69, 9.17) is 0 Å². The summed E-state index contributed by atoms with van der Waals surface area (Å²) < 4.78 is 0.952. The lowest BCUT2D eigenvalue weighted by Crippen LogP contribution is -2.34. The Morgan fingerprint density at radius 2 is 2.33 bits per heavy atom. The highest BCUT2D eigenvalue weighted by Crippen LogP contribution is 2.17. The summed E-state index contributed by atoms with van der Waals surface area (Å²) in [5, 5.41) is 21.7. The first-order valence-electron chi connectivity index (χ1n) is 4.45. The third-order valence-corrected chi connectivity index (χ3v) is 2.54. The van der Waals surface area contributed by atoms with E-state index in [2.05, 4.69) is 32.9 Å². The smallest absolute Gasteiger partial charge is 0.216 e. The van der Waals surface area contributed by atoms with Crippen LogP contribution in [-0.2, 0) is 4.79 Å². The van der Waals surface area contributed by atoms with Crippen LogP contribution in [0.5, 0.6) is 0 Å². The molecule has 1 heterocycles. The Morgan fingerprint density at radius 3 is 2.80 bits per heavy atom. The molecule has 15 heavy (non-hydrogen) atoms. The summed E-state index contributed by atoms with van der Waals surface area (Å²) in [5.74, 6) is -0.234. The predicted octanol–water partition coefficient (Wildman–Crippen LogP) is 0.150. The molecule has 5 nitrogen and oxygen atoms in total. The van der Waals surface area contributed by atoms with Gasteiger partial charge in [0.25, 0.3) is 0 Å². The number of halogens is 1. The zero-order valence-corrected chi connectivity index (χ0v) is 10.4. The third kappa shape index (κ3) is 3.80. The lowest BCUT2D eigenvalue weighted by Gasteiger charge is -2.16. The van der Waals surface area contributed by atoms with E-state index in [1.165, 1.54) is 6.92 Å². The molecule has 0 spiro atoms. The Morgan fingerprint density at radius 1 is 1.67 bits per heavy atom. The van der Waals surface area contributed by atoms with Crippen LogP contribution in [0.3, 0.4) is 0 Å². The van der Waals surface area contributed by atoms with Gasteiger partial charge in [-0.15, -0.1) is 0 Å². The van der Waals surface area contributed by atoms with Gasteiger partial charge in [0.05, 0.1) is 0 Å². The van der Waals surface area contributed by atoms with E-state index in [1.54, 1.807) is 12.3 Å². The van der Waals surface area contributed by atoms with Gasteiger partial charge in [0, 0.05) is 28.9 Å². The molecule has 2 unspecified atom stereocenters. The Labute approximate surface area is 101 Å². The van der Waals surface area contributed by atoms with Gasteiger partial charge in [-0.05, 0) is 28.7 Å². The molecular weight excluding hydrogens is 311 g/mol. The van der Waals surface area contributed by atoms with E-state index in [0.29, 0.717) is 5.69 Å². The average Bonchev–Trinajstić information content (AvgIpc) is 2.60. The predicted molar refractivity (Wildman–Crippen MR) is 63.2 cm³/mol. The van der Waals surface area contributed by atoms with Crippen molar-refractivity contribution in [1.29, 1.82) is 0 Å². The summed E-state index contributed by atoms with van der Waals surface area (Å²) in [6, 6.07) is 1.74. The van der Waals surface area contributed by atoms with E-state index >= 15 is 0 Å². The molecule has 0 aromatic carbocycles. The van der Waals surface area contributed by atoms with Crippen molar-refractivity contribution in [3.8, 4) is 0 Å². The van der Waals surface area contributed by atoms with Crippen LogP contribution >= 0.6 is 22.6 Å². The Kier molecular flexibility index (Phi) is 4.55. The van der Waals surface area contributed by atoms with Crippen molar-refractivity contribution >= 4 is 28.5 Å². The standard InChI is InChI=1S/C9H13IN2O3/c1-5(13)11-4-8(14)9(15)7-2-6(10)3-12-7/h2-3,8-9,12,14-15H,4H2,1H3,(H,11,13). The van der Waals surface area contributed by atoms with Crippen molar-refractivity contribution in [2.45, 2.75) is 19.1 Å². The van der Waals surface area contributed by atoms with Gasteiger partial charge in [-0.1, -0.05) is 0 Å². The Bertz CT molecular complexity index is 340. The number of H-pyrrole nitrogens is 1. The minimum Gasteiger partial charge on any atom is -0.388 e. The number of aromatic nitrogens is 1. The van der Waals surface area contributed by atoms with Crippen molar-refractivity contribution in [3.63, 3.8) is 0 Å². The van der Waals surface area contributed by atoms with Gasteiger partial charge in [-0.2, -0.15) is 0 Å². The first-order valence-corrected chi connectivity index (χ1v) is 5.53. The van der Waals surface area contributed by atoms with Gasteiger partial charge >= 0.3 is 0 Å². The average molecular weight is 324 g/mol. The number of hydrogen-bond donors (Lipinski definition) is 4. The van der Waals surface area contributed by atoms with Crippen LogP contribution in [0.15, 0.2) is 12.3 Å². The number of hydrogen-bond acceptors (Lipinski definition) is 3. The van der Waals surface area contributed by atoms with E-state index in [-0.39, 0.29) is 12.5 Å². The largest absolute Gasteiger partial charge is 0.388 e.